The third-order valence-corrected chi connectivity index (χ3v) is 4.08. The molecular formula is C18H10ClF3N2O. The van der Waals surface area contributed by atoms with Gasteiger partial charge >= 0.3 is 6.36 Å². The minimum atomic E-state index is -4.72. The van der Waals surface area contributed by atoms with Crippen LogP contribution < -0.4 is 4.74 Å². The van der Waals surface area contributed by atoms with Gasteiger partial charge in [-0.05, 0) is 30.3 Å². The zero-order chi connectivity index (χ0) is 17.6. The third kappa shape index (κ3) is 3.13. The summed E-state index contributed by atoms with van der Waals surface area (Å²) in [5.74, 6) is -0.275. The lowest BCUT2D eigenvalue weighted by molar-refractivity contribution is -0.274. The summed E-state index contributed by atoms with van der Waals surface area (Å²) in [6.07, 6.45) is -4.72. The zero-order valence-electron chi connectivity index (χ0n) is 12.6. The molecule has 0 bridgehead atoms. The van der Waals surface area contributed by atoms with Crippen molar-refractivity contribution < 1.29 is 17.9 Å². The van der Waals surface area contributed by atoms with Crippen LogP contribution in [-0.2, 0) is 0 Å². The molecule has 0 radical (unpaired) electrons. The molecule has 4 aromatic rings. The Hall–Kier alpha value is -2.73. The number of para-hydroxylation sites is 1. The Labute approximate surface area is 145 Å². The normalized spacial score (nSPS) is 12.0. The molecule has 7 heteroatoms. The second-order valence-corrected chi connectivity index (χ2v) is 5.90. The Balaban J connectivity index is 1.78. The van der Waals surface area contributed by atoms with Gasteiger partial charge in [-0.2, -0.15) is 0 Å². The summed E-state index contributed by atoms with van der Waals surface area (Å²) in [6, 6.07) is 15.2. The summed E-state index contributed by atoms with van der Waals surface area (Å²) < 4.78 is 41.0. The number of aromatic nitrogens is 2. The van der Waals surface area contributed by atoms with Gasteiger partial charge in [0.1, 0.15) is 5.75 Å². The minimum Gasteiger partial charge on any atom is -0.406 e. The van der Waals surface area contributed by atoms with Crippen LogP contribution in [-0.4, -0.2) is 16.3 Å². The summed E-state index contributed by atoms with van der Waals surface area (Å²) in [5.41, 5.74) is 2.52. The van der Waals surface area contributed by atoms with Gasteiger partial charge in [-0.1, -0.05) is 29.8 Å². The van der Waals surface area contributed by atoms with Gasteiger partial charge in [-0.25, -0.2) is 4.98 Å². The maximum atomic E-state index is 12.3. The second-order valence-electron chi connectivity index (χ2n) is 5.49. The number of rotatable bonds is 2. The number of nitrogens with zero attached hydrogens (tertiary/aromatic N) is 1. The van der Waals surface area contributed by atoms with Gasteiger partial charge < -0.3 is 9.72 Å². The quantitative estimate of drug-likeness (QED) is 0.479. The SMILES string of the molecule is FC(F)(F)Oc1ccc2cc(-c3ccc4cccc(Cl)c4n3)[nH]c2c1. The molecule has 25 heavy (non-hydrogen) atoms. The van der Waals surface area contributed by atoms with Crippen molar-refractivity contribution in [1.82, 2.24) is 9.97 Å². The number of ether oxygens (including phenoxy) is 1. The number of hydrogen-bond donors (Lipinski definition) is 1. The lowest BCUT2D eigenvalue weighted by atomic mass is 10.1. The van der Waals surface area contributed by atoms with Crippen LogP contribution in [0.5, 0.6) is 5.75 Å². The summed E-state index contributed by atoms with van der Waals surface area (Å²) in [7, 11) is 0. The van der Waals surface area contributed by atoms with E-state index in [0.29, 0.717) is 27.4 Å². The van der Waals surface area contributed by atoms with Crippen molar-refractivity contribution in [2.75, 3.05) is 0 Å². The Bertz CT molecular complexity index is 1090. The first-order chi connectivity index (χ1) is 11.9. The number of fused-ring (bicyclic) bond motifs is 2. The molecule has 2 heterocycles. The fourth-order valence-corrected chi connectivity index (χ4v) is 2.93. The van der Waals surface area contributed by atoms with E-state index in [4.69, 9.17) is 11.6 Å². The molecule has 0 aliphatic rings. The molecule has 0 spiro atoms. The highest BCUT2D eigenvalue weighted by Crippen LogP contribution is 2.30. The monoisotopic (exact) mass is 362 g/mol. The molecular weight excluding hydrogens is 353 g/mol. The van der Waals surface area contributed by atoms with E-state index in [1.807, 2.05) is 30.3 Å². The van der Waals surface area contributed by atoms with Gasteiger partial charge in [-0.3, -0.25) is 0 Å². The number of H-pyrrole nitrogens is 1. The number of alkyl halides is 3. The van der Waals surface area contributed by atoms with Crippen LogP contribution >= 0.6 is 11.6 Å². The highest BCUT2D eigenvalue weighted by Gasteiger charge is 2.31. The Kier molecular flexibility index (Phi) is 3.58. The van der Waals surface area contributed by atoms with Crippen LogP contribution in [0, 0.1) is 0 Å². The summed E-state index contributed by atoms with van der Waals surface area (Å²) in [6.45, 7) is 0. The van der Waals surface area contributed by atoms with Gasteiger partial charge in [0, 0.05) is 22.4 Å². The van der Waals surface area contributed by atoms with E-state index < -0.39 is 6.36 Å². The minimum absolute atomic E-state index is 0.275. The predicted octanol–water partition coefficient (Wildman–Crippen LogP) is 5.94. The molecule has 1 N–H and O–H groups in total. The summed E-state index contributed by atoms with van der Waals surface area (Å²) in [4.78, 5) is 7.62. The first-order valence-corrected chi connectivity index (χ1v) is 7.71. The van der Waals surface area contributed by atoms with Crippen molar-refractivity contribution in [2.24, 2.45) is 0 Å². The molecule has 4 rings (SSSR count). The van der Waals surface area contributed by atoms with Crippen molar-refractivity contribution in [3.05, 3.63) is 59.6 Å². The van der Waals surface area contributed by atoms with E-state index in [1.165, 1.54) is 12.1 Å². The van der Waals surface area contributed by atoms with E-state index in [-0.39, 0.29) is 5.75 Å². The Morgan fingerprint density at radius 3 is 2.56 bits per heavy atom. The van der Waals surface area contributed by atoms with E-state index >= 15 is 0 Å². The first kappa shape index (κ1) is 15.8. The van der Waals surface area contributed by atoms with E-state index in [1.54, 1.807) is 12.1 Å². The van der Waals surface area contributed by atoms with Crippen LogP contribution in [0.2, 0.25) is 5.02 Å². The fraction of sp³-hybridized carbons (Fsp3) is 0.0556. The summed E-state index contributed by atoms with van der Waals surface area (Å²) in [5, 5.41) is 2.20. The molecule has 0 aliphatic carbocycles. The Morgan fingerprint density at radius 1 is 0.960 bits per heavy atom. The average molecular weight is 363 g/mol. The van der Waals surface area contributed by atoms with Crippen molar-refractivity contribution in [2.45, 2.75) is 6.36 Å². The van der Waals surface area contributed by atoms with Crippen molar-refractivity contribution >= 4 is 33.4 Å². The largest absolute Gasteiger partial charge is 0.573 e. The third-order valence-electron chi connectivity index (χ3n) is 3.77. The van der Waals surface area contributed by atoms with Crippen molar-refractivity contribution in [3.63, 3.8) is 0 Å². The van der Waals surface area contributed by atoms with Crippen molar-refractivity contribution in [1.29, 1.82) is 0 Å². The van der Waals surface area contributed by atoms with E-state index in [0.717, 1.165) is 10.8 Å². The molecule has 0 amide bonds. The number of aromatic amines is 1. The molecule has 0 aliphatic heterocycles. The highest BCUT2D eigenvalue weighted by molar-refractivity contribution is 6.35. The molecule has 0 unspecified atom stereocenters. The standard InChI is InChI=1S/C18H10ClF3N2O/c19-13-3-1-2-10-5-7-14(24-17(10)13)16-8-11-4-6-12(9-15(11)23-16)25-18(20,21)22/h1-9,23H. The first-order valence-electron chi connectivity index (χ1n) is 7.33. The highest BCUT2D eigenvalue weighted by atomic mass is 35.5. The second kappa shape index (κ2) is 5.67. The maximum Gasteiger partial charge on any atom is 0.573 e. The molecule has 126 valence electrons. The molecule has 0 atom stereocenters. The van der Waals surface area contributed by atoms with E-state index in [9.17, 15) is 13.2 Å². The van der Waals surface area contributed by atoms with Gasteiger partial charge in [0.15, 0.2) is 0 Å². The number of hydrogen-bond acceptors (Lipinski definition) is 2. The van der Waals surface area contributed by atoms with Gasteiger partial charge in [-0.15, -0.1) is 13.2 Å². The van der Waals surface area contributed by atoms with Crippen LogP contribution in [0.15, 0.2) is 54.6 Å². The maximum absolute atomic E-state index is 12.3. The number of halogens is 4. The van der Waals surface area contributed by atoms with Crippen LogP contribution in [0.3, 0.4) is 0 Å². The van der Waals surface area contributed by atoms with Crippen LogP contribution in [0.25, 0.3) is 33.2 Å². The van der Waals surface area contributed by atoms with Crippen molar-refractivity contribution in [3.8, 4) is 17.1 Å². The summed E-state index contributed by atoms with van der Waals surface area (Å²) >= 11 is 6.18. The molecule has 2 aromatic carbocycles. The molecule has 2 aromatic heterocycles. The molecule has 0 saturated heterocycles. The number of nitrogens with one attached hydrogen (secondary N) is 1. The zero-order valence-corrected chi connectivity index (χ0v) is 13.3. The van der Waals surface area contributed by atoms with Crippen LogP contribution in [0.4, 0.5) is 13.2 Å². The lowest BCUT2D eigenvalue weighted by Gasteiger charge is -2.08. The van der Waals surface area contributed by atoms with Crippen LogP contribution in [0.1, 0.15) is 0 Å². The predicted molar refractivity (Wildman–Crippen MR) is 90.7 cm³/mol. The topological polar surface area (TPSA) is 37.9 Å². The molecule has 3 nitrogen and oxygen atoms in total. The van der Waals surface area contributed by atoms with E-state index in [2.05, 4.69) is 14.7 Å². The number of benzene rings is 2. The fourth-order valence-electron chi connectivity index (χ4n) is 2.70. The molecule has 0 saturated carbocycles. The molecule has 0 fully saturated rings. The smallest absolute Gasteiger partial charge is 0.406 e. The Morgan fingerprint density at radius 2 is 1.76 bits per heavy atom. The van der Waals surface area contributed by atoms with Gasteiger partial charge in [0.05, 0.1) is 21.9 Å². The number of pyridine rings is 1. The van der Waals surface area contributed by atoms with Gasteiger partial charge in [0.25, 0.3) is 0 Å². The average Bonchev–Trinajstić information content (AvgIpc) is 2.97. The lowest BCUT2D eigenvalue weighted by Crippen LogP contribution is -2.16. The van der Waals surface area contributed by atoms with Gasteiger partial charge in [0.2, 0.25) is 0 Å².